The van der Waals surface area contributed by atoms with Gasteiger partial charge in [-0.3, -0.25) is 4.79 Å². The third kappa shape index (κ3) is 3.47. The van der Waals surface area contributed by atoms with Gasteiger partial charge in [-0.2, -0.15) is 0 Å². The van der Waals surface area contributed by atoms with Gasteiger partial charge in [0.05, 0.1) is 6.26 Å². The Morgan fingerprint density at radius 2 is 2.04 bits per heavy atom. The van der Waals surface area contributed by atoms with E-state index in [0.717, 1.165) is 34.9 Å². The Bertz CT molecular complexity index is 886. The minimum atomic E-state index is -3.22. The molecule has 2 N–H and O–H groups in total. The number of aryl methyl sites for hydroxylation is 2. The van der Waals surface area contributed by atoms with Gasteiger partial charge in [0.25, 0.3) is 5.91 Å². The van der Waals surface area contributed by atoms with E-state index in [1.54, 1.807) is 0 Å². The Labute approximate surface area is 142 Å². The van der Waals surface area contributed by atoms with Crippen LogP contribution in [0.3, 0.4) is 0 Å². The summed E-state index contributed by atoms with van der Waals surface area (Å²) in [5, 5.41) is 3.99. The van der Waals surface area contributed by atoms with Gasteiger partial charge >= 0.3 is 0 Å². The minimum absolute atomic E-state index is 0.157. The number of aromatic nitrogens is 1. The number of carbonyl (C=O) groups is 1. The summed E-state index contributed by atoms with van der Waals surface area (Å²) in [5.74, 6) is -0.191. The second kappa shape index (κ2) is 6.22. The van der Waals surface area contributed by atoms with Gasteiger partial charge in [-0.15, -0.1) is 0 Å². The van der Waals surface area contributed by atoms with E-state index >= 15 is 0 Å². The highest BCUT2D eigenvalue weighted by Gasteiger charge is 2.27. The lowest BCUT2D eigenvalue weighted by Crippen LogP contribution is -2.49. The molecule has 1 atom stereocenters. The normalized spacial score (nSPS) is 19.5. The van der Waals surface area contributed by atoms with Crippen LogP contribution in [0.15, 0.2) is 18.2 Å². The summed E-state index contributed by atoms with van der Waals surface area (Å²) < 4.78 is 24.8. The predicted molar refractivity (Wildman–Crippen MR) is 94.7 cm³/mol. The summed E-state index contributed by atoms with van der Waals surface area (Å²) in [7, 11) is -3.22. The SMILES string of the molecule is Cc1cc(C)c2cc(C(=O)NC3CCCN(S(C)(=O)=O)C3)[nH]c2c1. The molecule has 1 aromatic carbocycles. The van der Waals surface area contributed by atoms with Crippen molar-refractivity contribution in [2.24, 2.45) is 0 Å². The summed E-state index contributed by atoms with van der Waals surface area (Å²) >= 11 is 0. The summed E-state index contributed by atoms with van der Waals surface area (Å²) in [6.07, 6.45) is 2.75. The number of nitrogens with one attached hydrogen (secondary N) is 2. The number of piperidine rings is 1. The van der Waals surface area contributed by atoms with Crippen LogP contribution in [0.4, 0.5) is 0 Å². The van der Waals surface area contributed by atoms with Gasteiger partial charge in [-0.25, -0.2) is 12.7 Å². The highest BCUT2D eigenvalue weighted by atomic mass is 32.2. The molecule has 1 fully saturated rings. The molecule has 0 aliphatic carbocycles. The molecule has 130 valence electrons. The van der Waals surface area contributed by atoms with Crippen LogP contribution >= 0.6 is 0 Å². The third-order valence-electron chi connectivity index (χ3n) is 4.52. The number of benzene rings is 1. The van der Waals surface area contributed by atoms with Crippen LogP contribution in [0.2, 0.25) is 0 Å². The van der Waals surface area contributed by atoms with Crippen molar-refractivity contribution in [3.05, 3.63) is 35.0 Å². The van der Waals surface area contributed by atoms with Gasteiger partial charge in [0.1, 0.15) is 5.69 Å². The Hall–Kier alpha value is -1.86. The number of amides is 1. The van der Waals surface area contributed by atoms with Gasteiger partial charge in [0, 0.05) is 30.0 Å². The number of carbonyl (C=O) groups excluding carboxylic acids is 1. The lowest BCUT2D eigenvalue weighted by Gasteiger charge is -2.31. The number of fused-ring (bicyclic) bond motifs is 1. The minimum Gasteiger partial charge on any atom is -0.351 e. The molecule has 2 aromatic rings. The Morgan fingerprint density at radius 3 is 2.75 bits per heavy atom. The zero-order valence-corrected chi connectivity index (χ0v) is 15.0. The van der Waals surface area contributed by atoms with E-state index in [4.69, 9.17) is 0 Å². The van der Waals surface area contributed by atoms with Gasteiger partial charge in [-0.1, -0.05) is 6.07 Å². The quantitative estimate of drug-likeness (QED) is 0.888. The van der Waals surface area contributed by atoms with Crippen LogP contribution in [0.1, 0.15) is 34.5 Å². The molecule has 1 aliphatic rings. The van der Waals surface area contributed by atoms with Crippen molar-refractivity contribution >= 4 is 26.8 Å². The molecule has 0 bridgehead atoms. The molecule has 0 saturated carbocycles. The Balaban J connectivity index is 1.76. The van der Waals surface area contributed by atoms with Gasteiger partial charge < -0.3 is 10.3 Å². The molecule has 0 radical (unpaired) electrons. The van der Waals surface area contributed by atoms with Crippen molar-refractivity contribution in [1.29, 1.82) is 0 Å². The van der Waals surface area contributed by atoms with Gasteiger partial charge in [-0.05, 0) is 49.9 Å². The van der Waals surface area contributed by atoms with E-state index in [1.165, 1.54) is 10.6 Å². The number of sulfonamides is 1. The molecular formula is C17H23N3O3S. The van der Waals surface area contributed by atoms with Crippen molar-refractivity contribution in [2.75, 3.05) is 19.3 Å². The van der Waals surface area contributed by atoms with E-state index in [2.05, 4.69) is 16.4 Å². The Morgan fingerprint density at radius 1 is 1.29 bits per heavy atom. The number of H-pyrrole nitrogens is 1. The fourth-order valence-electron chi connectivity index (χ4n) is 3.35. The zero-order chi connectivity index (χ0) is 17.5. The van der Waals surface area contributed by atoms with Crippen LogP contribution in [0.25, 0.3) is 10.9 Å². The summed E-state index contributed by atoms with van der Waals surface area (Å²) in [6, 6.07) is 5.81. The molecule has 1 amide bonds. The van der Waals surface area contributed by atoms with Crippen LogP contribution in [0, 0.1) is 13.8 Å². The fraction of sp³-hybridized carbons (Fsp3) is 0.471. The highest BCUT2D eigenvalue weighted by molar-refractivity contribution is 7.88. The fourth-order valence-corrected chi connectivity index (χ4v) is 4.26. The average molecular weight is 349 g/mol. The van der Waals surface area contributed by atoms with Crippen molar-refractivity contribution in [3.8, 4) is 0 Å². The maximum absolute atomic E-state index is 12.5. The number of hydrogen-bond donors (Lipinski definition) is 2. The predicted octanol–water partition coefficient (Wildman–Crippen LogP) is 1.94. The topological polar surface area (TPSA) is 82.3 Å². The van der Waals surface area contributed by atoms with Crippen molar-refractivity contribution < 1.29 is 13.2 Å². The number of hydrogen-bond acceptors (Lipinski definition) is 3. The lowest BCUT2D eigenvalue weighted by molar-refractivity contribution is 0.0917. The summed E-state index contributed by atoms with van der Waals surface area (Å²) in [4.78, 5) is 15.7. The van der Waals surface area contributed by atoms with Crippen LogP contribution in [-0.4, -0.2) is 49.0 Å². The van der Waals surface area contributed by atoms with Crippen LogP contribution < -0.4 is 5.32 Å². The zero-order valence-electron chi connectivity index (χ0n) is 14.2. The number of rotatable bonds is 3. The molecule has 24 heavy (non-hydrogen) atoms. The van der Waals surface area contributed by atoms with Gasteiger partial charge in [0.2, 0.25) is 10.0 Å². The van der Waals surface area contributed by atoms with E-state index in [0.29, 0.717) is 18.8 Å². The monoisotopic (exact) mass is 349 g/mol. The number of aromatic amines is 1. The van der Waals surface area contributed by atoms with E-state index in [-0.39, 0.29) is 11.9 Å². The molecule has 1 aromatic heterocycles. The first-order chi connectivity index (χ1) is 11.2. The van der Waals surface area contributed by atoms with Crippen molar-refractivity contribution in [1.82, 2.24) is 14.6 Å². The largest absolute Gasteiger partial charge is 0.351 e. The Kier molecular flexibility index (Phi) is 4.40. The first-order valence-corrected chi connectivity index (χ1v) is 9.95. The molecule has 1 saturated heterocycles. The van der Waals surface area contributed by atoms with E-state index in [9.17, 15) is 13.2 Å². The first kappa shape index (κ1) is 17.0. The smallest absolute Gasteiger partial charge is 0.267 e. The standard InChI is InChI=1S/C17H23N3O3S/c1-11-7-12(2)14-9-16(19-15(14)8-11)17(21)18-13-5-4-6-20(10-13)24(3,22)23/h7-9,13,19H,4-6,10H2,1-3H3,(H,18,21). The molecule has 7 heteroatoms. The molecule has 3 rings (SSSR count). The summed E-state index contributed by atoms with van der Waals surface area (Å²) in [5.41, 5.74) is 3.72. The molecule has 2 heterocycles. The molecule has 0 spiro atoms. The highest BCUT2D eigenvalue weighted by Crippen LogP contribution is 2.22. The third-order valence-corrected chi connectivity index (χ3v) is 5.79. The van der Waals surface area contributed by atoms with Crippen LogP contribution in [0.5, 0.6) is 0 Å². The lowest BCUT2D eigenvalue weighted by atomic mass is 10.1. The van der Waals surface area contributed by atoms with Crippen LogP contribution in [-0.2, 0) is 10.0 Å². The van der Waals surface area contributed by atoms with E-state index in [1.807, 2.05) is 26.0 Å². The maximum Gasteiger partial charge on any atom is 0.267 e. The van der Waals surface area contributed by atoms with E-state index < -0.39 is 10.0 Å². The average Bonchev–Trinajstić information content (AvgIpc) is 2.91. The first-order valence-electron chi connectivity index (χ1n) is 8.10. The van der Waals surface area contributed by atoms with Crippen molar-refractivity contribution in [3.63, 3.8) is 0 Å². The second-order valence-corrected chi connectivity index (χ2v) is 8.64. The molecule has 1 unspecified atom stereocenters. The second-order valence-electron chi connectivity index (χ2n) is 6.66. The molecule has 1 aliphatic heterocycles. The number of nitrogens with zero attached hydrogens (tertiary/aromatic N) is 1. The maximum atomic E-state index is 12.5. The van der Waals surface area contributed by atoms with Crippen molar-refractivity contribution in [2.45, 2.75) is 32.7 Å². The molecule has 6 nitrogen and oxygen atoms in total. The molecular weight excluding hydrogens is 326 g/mol. The summed E-state index contributed by atoms with van der Waals surface area (Å²) in [6.45, 7) is 4.91. The van der Waals surface area contributed by atoms with Gasteiger partial charge in [0.15, 0.2) is 0 Å².